The fraction of sp³-hybridized carbons (Fsp3) is 0.304. The number of allylic oxidation sites excluding steroid dienone is 2. The molecule has 2 rings (SSSR count). The number of carboxylic acids is 1. The van der Waals surface area contributed by atoms with Crippen LogP contribution >= 0.6 is 0 Å². The first-order valence-corrected chi connectivity index (χ1v) is 8.96. The van der Waals surface area contributed by atoms with Crippen LogP contribution in [0.4, 0.5) is 0 Å². The minimum atomic E-state index is -0.806. The Morgan fingerprint density at radius 3 is 2.31 bits per heavy atom. The van der Waals surface area contributed by atoms with Crippen LogP contribution in [0.5, 0.6) is 0 Å². The molecule has 0 saturated carbocycles. The maximum atomic E-state index is 10.9. The van der Waals surface area contributed by atoms with E-state index in [1.807, 2.05) is 44.3 Å². The van der Waals surface area contributed by atoms with Crippen LogP contribution < -0.4 is 0 Å². The summed E-state index contributed by atoms with van der Waals surface area (Å²) in [6, 6.07) is 14.3. The van der Waals surface area contributed by atoms with Crippen LogP contribution in [0.15, 0.2) is 59.2 Å². The summed E-state index contributed by atoms with van der Waals surface area (Å²) in [5.74, 6) is -0.638. The van der Waals surface area contributed by atoms with Crippen LogP contribution in [0, 0.1) is 13.8 Å². The van der Waals surface area contributed by atoms with E-state index in [2.05, 4.69) is 43.1 Å². The Morgan fingerprint density at radius 2 is 1.73 bits per heavy atom. The quantitative estimate of drug-likeness (QED) is 0.694. The average molecular weight is 349 g/mol. The van der Waals surface area contributed by atoms with E-state index in [4.69, 9.17) is 5.11 Å². The standard InChI is InChI=1S/C23H27NO2/c1-5-22(24-6-2)21(20-9-7-8-16(3)17(20)4)14-18-10-12-19(13-11-18)15-23(25)26/h5-13,21H,14-15H2,1-4H3,(H,25,26)/b22-5-,24-6?. The lowest BCUT2D eigenvalue weighted by molar-refractivity contribution is -0.136. The van der Waals surface area contributed by atoms with Gasteiger partial charge in [0.25, 0.3) is 0 Å². The lowest BCUT2D eigenvalue weighted by Crippen LogP contribution is -2.09. The number of hydrogen-bond acceptors (Lipinski definition) is 2. The van der Waals surface area contributed by atoms with Crippen LogP contribution in [0.2, 0.25) is 0 Å². The fourth-order valence-electron chi connectivity index (χ4n) is 3.24. The summed E-state index contributed by atoms with van der Waals surface area (Å²) in [7, 11) is 0. The Hall–Kier alpha value is -2.68. The highest BCUT2D eigenvalue weighted by molar-refractivity contribution is 5.70. The number of aryl methyl sites for hydroxylation is 1. The fourth-order valence-corrected chi connectivity index (χ4v) is 3.24. The second-order valence-electron chi connectivity index (χ2n) is 6.53. The predicted molar refractivity (Wildman–Crippen MR) is 108 cm³/mol. The van der Waals surface area contributed by atoms with Gasteiger partial charge in [-0.05, 0) is 61.9 Å². The lowest BCUT2D eigenvalue weighted by Gasteiger charge is -2.21. The molecular weight excluding hydrogens is 322 g/mol. The summed E-state index contributed by atoms with van der Waals surface area (Å²) in [4.78, 5) is 15.5. The van der Waals surface area contributed by atoms with E-state index in [-0.39, 0.29) is 12.3 Å². The molecule has 3 heteroatoms. The van der Waals surface area contributed by atoms with Gasteiger partial charge in [0.05, 0.1) is 6.42 Å². The van der Waals surface area contributed by atoms with Crippen molar-refractivity contribution in [3.8, 4) is 0 Å². The molecule has 0 bridgehead atoms. The third-order valence-corrected chi connectivity index (χ3v) is 4.77. The van der Waals surface area contributed by atoms with Gasteiger partial charge in [-0.25, -0.2) is 0 Å². The van der Waals surface area contributed by atoms with E-state index in [1.165, 1.54) is 22.3 Å². The van der Waals surface area contributed by atoms with Gasteiger partial charge in [0.1, 0.15) is 0 Å². The molecule has 1 unspecified atom stereocenters. The largest absolute Gasteiger partial charge is 0.481 e. The van der Waals surface area contributed by atoms with E-state index in [0.29, 0.717) is 0 Å². The normalized spacial score (nSPS) is 13.2. The van der Waals surface area contributed by atoms with Gasteiger partial charge >= 0.3 is 5.97 Å². The number of carboxylic acid groups (broad SMARTS) is 1. The zero-order valence-electron chi connectivity index (χ0n) is 16.0. The maximum absolute atomic E-state index is 10.9. The molecule has 26 heavy (non-hydrogen) atoms. The Morgan fingerprint density at radius 1 is 1.08 bits per heavy atom. The van der Waals surface area contributed by atoms with Crippen molar-refractivity contribution >= 4 is 12.2 Å². The number of hydrogen-bond donors (Lipinski definition) is 1. The van der Waals surface area contributed by atoms with E-state index < -0.39 is 5.97 Å². The van der Waals surface area contributed by atoms with Crippen molar-refractivity contribution in [2.24, 2.45) is 4.99 Å². The minimum Gasteiger partial charge on any atom is -0.481 e. The number of carbonyl (C=O) groups is 1. The van der Waals surface area contributed by atoms with Gasteiger partial charge in [-0.3, -0.25) is 9.79 Å². The topological polar surface area (TPSA) is 49.7 Å². The molecule has 0 aliphatic rings. The predicted octanol–water partition coefficient (Wildman–Crippen LogP) is 5.25. The number of benzene rings is 2. The molecule has 0 saturated heterocycles. The molecule has 136 valence electrons. The van der Waals surface area contributed by atoms with Crippen molar-refractivity contribution in [2.45, 2.75) is 46.5 Å². The third-order valence-electron chi connectivity index (χ3n) is 4.77. The number of nitrogens with zero attached hydrogens (tertiary/aromatic N) is 1. The zero-order valence-corrected chi connectivity index (χ0v) is 16.0. The van der Waals surface area contributed by atoms with Crippen LogP contribution in [0.1, 0.15) is 47.6 Å². The summed E-state index contributed by atoms with van der Waals surface area (Å²) in [5.41, 5.74) is 6.91. The summed E-state index contributed by atoms with van der Waals surface area (Å²) in [6.07, 6.45) is 4.80. The first kappa shape index (κ1) is 19.6. The highest BCUT2D eigenvalue weighted by atomic mass is 16.4. The first-order chi connectivity index (χ1) is 12.5. The monoisotopic (exact) mass is 349 g/mol. The summed E-state index contributed by atoms with van der Waals surface area (Å²) in [5, 5.41) is 8.93. The first-order valence-electron chi connectivity index (χ1n) is 8.96. The van der Waals surface area contributed by atoms with Crippen molar-refractivity contribution in [1.82, 2.24) is 0 Å². The number of aliphatic imine (C=N–C) groups is 1. The maximum Gasteiger partial charge on any atom is 0.307 e. The van der Waals surface area contributed by atoms with E-state index in [1.54, 1.807) is 0 Å². The molecule has 0 aromatic heterocycles. The molecule has 0 aliphatic carbocycles. The molecule has 0 amide bonds. The second kappa shape index (κ2) is 9.14. The molecule has 1 atom stereocenters. The Labute approximate surface area is 156 Å². The summed E-state index contributed by atoms with van der Waals surface area (Å²) < 4.78 is 0. The highest BCUT2D eigenvalue weighted by Crippen LogP contribution is 2.32. The molecule has 0 fully saturated rings. The molecule has 1 N–H and O–H groups in total. The van der Waals surface area contributed by atoms with Gasteiger partial charge in [-0.2, -0.15) is 0 Å². The Balaban J connectivity index is 2.38. The van der Waals surface area contributed by atoms with Crippen LogP contribution in [0.3, 0.4) is 0 Å². The van der Waals surface area contributed by atoms with Gasteiger partial charge in [-0.15, -0.1) is 0 Å². The van der Waals surface area contributed by atoms with Crippen LogP contribution in [-0.4, -0.2) is 17.3 Å². The van der Waals surface area contributed by atoms with E-state index in [9.17, 15) is 4.79 Å². The van der Waals surface area contributed by atoms with Gasteiger partial charge in [0.2, 0.25) is 0 Å². The summed E-state index contributed by atoms with van der Waals surface area (Å²) in [6.45, 7) is 8.26. The van der Waals surface area contributed by atoms with Crippen molar-refractivity contribution in [3.63, 3.8) is 0 Å². The number of rotatable bonds is 7. The van der Waals surface area contributed by atoms with E-state index >= 15 is 0 Å². The summed E-state index contributed by atoms with van der Waals surface area (Å²) >= 11 is 0. The third kappa shape index (κ3) is 4.92. The minimum absolute atomic E-state index is 0.0565. The zero-order chi connectivity index (χ0) is 19.1. The van der Waals surface area contributed by atoms with Crippen LogP contribution in [-0.2, 0) is 17.6 Å². The van der Waals surface area contributed by atoms with E-state index in [0.717, 1.165) is 17.7 Å². The van der Waals surface area contributed by atoms with Gasteiger partial charge in [-0.1, -0.05) is 48.5 Å². The molecule has 0 radical (unpaired) electrons. The lowest BCUT2D eigenvalue weighted by atomic mass is 9.85. The highest BCUT2D eigenvalue weighted by Gasteiger charge is 2.19. The van der Waals surface area contributed by atoms with Gasteiger partial charge in [0, 0.05) is 17.8 Å². The smallest absolute Gasteiger partial charge is 0.307 e. The van der Waals surface area contributed by atoms with Crippen LogP contribution in [0.25, 0.3) is 0 Å². The van der Waals surface area contributed by atoms with Crippen molar-refractivity contribution in [2.75, 3.05) is 0 Å². The molecule has 0 aliphatic heterocycles. The molecule has 0 heterocycles. The number of aliphatic carboxylic acids is 1. The van der Waals surface area contributed by atoms with Gasteiger partial charge in [0.15, 0.2) is 0 Å². The van der Waals surface area contributed by atoms with Crippen molar-refractivity contribution < 1.29 is 9.90 Å². The second-order valence-corrected chi connectivity index (χ2v) is 6.53. The van der Waals surface area contributed by atoms with Crippen molar-refractivity contribution in [3.05, 3.63) is 82.1 Å². The average Bonchev–Trinajstić information content (AvgIpc) is 2.61. The molecule has 2 aromatic carbocycles. The Kier molecular flexibility index (Phi) is 6.90. The Bertz CT molecular complexity index is 817. The van der Waals surface area contributed by atoms with Crippen molar-refractivity contribution in [1.29, 1.82) is 0 Å². The SMILES string of the molecule is CC=N/C(=C\C)C(Cc1ccc(CC(=O)O)cc1)c1cccc(C)c1C. The van der Waals surface area contributed by atoms with Gasteiger partial charge < -0.3 is 5.11 Å². The molecule has 3 nitrogen and oxygen atoms in total. The molecule has 2 aromatic rings. The molecular formula is C23H27NO2. The molecule has 0 spiro atoms.